The molecule has 14 heavy (non-hydrogen) atoms. The van der Waals surface area contributed by atoms with Crippen LogP contribution in [0.15, 0.2) is 48.6 Å². The summed E-state index contributed by atoms with van der Waals surface area (Å²) in [6.45, 7) is 0. The van der Waals surface area contributed by atoms with Gasteiger partial charge in [-0.15, -0.1) is 0 Å². The van der Waals surface area contributed by atoms with Crippen LogP contribution in [0.4, 0.5) is 0 Å². The molecule has 0 N–H and O–H groups in total. The summed E-state index contributed by atoms with van der Waals surface area (Å²) >= 11 is 0. The average Bonchev–Trinajstić information content (AvgIpc) is 2.25. The van der Waals surface area contributed by atoms with Crippen LogP contribution in [0.25, 0.3) is 0 Å². The zero-order chi connectivity index (χ0) is 9.64. The number of aryl methyl sites for hydroxylation is 2. The van der Waals surface area contributed by atoms with Crippen LogP contribution in [0.1, 0.15) is 24.0 Å². The summed E-state index contributed by atoms with van der Waals surface area (Å²) in [5.74, 6) is 0. The van der Waals surface area contributed by atoms with Crippen molar-refractivity contribution in [2.24, 2.45) is 0 Å². The lowest BCUT2D eigenvalue weighted by molar-refractivity contribution is 0.921. The van der Waals surface area contributed by atoms with E-state index < -0.39 is 0 Å². The van der Waals surface area contributed by atoms with E-state index in [9.17, 15) is 0 Å². The molecule has 0 amide bonds. The molecule has 0 aromatic heterocycles. The molecule has 0 radical (unpaired) electrons. The fourth-order valence-corrected chi connectivity index (χ4v) is 1.87. The Labute approximate surface area is 86.0 Å². The maximum Gasteiger partial charge on any atom is -0.0241 e. The van der Waals surface area contributed by atoms with Crippen LogP contribution < -0.4 is 0 Å². The van der Waals surface area contributed by atoms with Crippen molar-refractivity contribution in [1.82, 2.24) is 0 Å². The predicted molar refractivity (Wildman–Crippen MR) is 61.4 cm³/mol. The molecule has 0 heterocycles. The maximum absolute atomic E-state index is 2.26. The van der Waals surface area contributed by atoms with Gasteiger partial charge in [0.2, 0.25) is 0 Å². The summed E-state index contributed by atoms with van der Waals surface area (Å²) in [7, 11) is 0. The van der Waals surface area contributed by atoms with Gasteiger partial charge in [-0.1, -0.05) is 48.6 Å². The normalized spacial score (nSPS) is 20.9. The molecule has 0 aliphatic heterocycles. The topological polar surface area (TPSA) is 0 Å². The third-order valence-electron chi connectivity index (χ3n) is 2.66. The molecule has 0 nitrogen and oxygen atoms in total. The van der Waals surface area contributed by atoms with Crippen LogP contribution in [0, 0.1) is 0 Å². The fraction of sp³-hybridized carbons (Fsp3) is 0.286. The van der Waals surface area contributed by atoms with E-state index in [-0.39, 0.29) is 0 Å². The highest BCUT2D eigenvalue weighted by Gasteiger charge is 2.00. The summed E-state index contributed by atoms with van der Waals surface area (Å²) in [4.78, 5) is 0. The second-order valence-corrected chi connectivity index (χ2v) is 3.70. The minimum Gasteiger partial charge on any atom is -0.0842 e. The minimum absolute atomic E-state index is 1.15. The van der Waals surface area contributed by atoms with Crippen LogP contribution in [0.3, 0.4) is 0 Å². The summed E-state index contributed by atoms with van der Waals surface area (Å²) in [5, 5.41) is 0. The molecule has 0 spiro atoms. The molecule has 1 aromatic rings. The summed E-state index contributed by atoms with van der Waals surface area (Å²) in [6.07, 6.45) is 13.5. The molecule has 0 fully saturated rings. The van der Waals surface area contributed by atoms with Crippen molar-refractivity contribution >= 4 is 0 Å². The molecule has 1 aromatic carbocycles. The van der Waals surface area contributed by atoms with Gasteiger partial charge < -0.3 is 0 Å². The van der Waals surface area contributed by atoms with Crippen LogP contribution in [-0.2, 0) is 12.8 Å². The summed E-state index contributed by atoms with van der Waals surface area (Å²) < 4.78 is 0. The lowest BCUT2D eigenvalue weighted by atomic mass is 9.98. The molecular weight excluding hydrogens is 168 g/mol. The van der Waals surface area contributed by atoms with Crippen molar-refractivity contribution in [3.8, 4) is 0 Å². The van der Waals surface area contributed by atoms with Gasteiger partial charge in [-0.2, -0.15) is 0 Å². The van der Waals surface area contributed by atoms with E-state index in [4.69, 9.17) is 0 Å². The Hall–Kier alpha value is -1.30. The first-order valence-electron chi connectivity index (χ1n) is 5.35. The molecule has 0 unspecified atom stereocenters. The SMILES string of the molecule is C1=C\CCc2ccccc2CC\C=C/1. The first kappa shape index (κ1) is 9.26. The molecule has 0 saturated heterocycles. The number of rotatable bonds is 0. The van der Waals surface area contributed by atoms with Crippen molar-refractivity contribution in [3.05, 3.63) is 59.7 Å². The largest absolute Gasteiger partial charge is 0.0842 e. The van der Waals surface area contributed by atoms with E-state index in [1.54, 1.807) is 0 Å². The Bertz CT molecular complexity index is 310. The van der Waals surface area contributed by atoms with E-state index in [0.29, 0.717) is 0 Å². The quantitative estimate of drug-likeness (QED) is 0.577. The van der Waals surface area contributed by atoms with E-state index in [1.807, 2.05) is 0 Å². The van der Waals surface area contributed by atoms with E-state index >= 15 is 0 Å². The van der Waals surface area contributed by atoms with Crippen LogP contribution >= 0.6 is 0 Å². The highest BCUT2D eigenvalue weighted by Crippen LogP contribution is 2.14. The lowest BCUT2D eigenvalue weighted by Gasteiger charge is -2.07. The predicted octanol–water partition coefficient (Wildman–Crippen LogP) is 3.68. The molecule has 0 heteroatoms. The van der Waals surface area contributed by atoms with Crippen LogP contribution in [0.5, 0.6) is 0 Å². The fourth-order valence-electron chi connectivity index (χ4n) is 1.87. The van der Waals surface area contributed by atoms with Gasteiger partial charge in [0.05, 0.1) is 0 Å². The summed E-state index contributed by atoms with van der Waals surface area (Å²) in [5.41, 5.74) is 3.04. The Morgan fingerprint density at radius 1 is 0.714 bits per heavy atom. The van der Waals surface area contributed by atoms with Gasteiger partial charge in [-0.3, -0.25) is 0 Å². The molecular formula is C14H16. The number of allylic oxidation sites excluding steroid dienone is 4. The third kappa shape index (κ3) is 2.35. The molecule has 0 atom stereocenters. The maximum atomic E-state index is 2.26. The summed E-state index contributed by atoms with van der Waals surface area (Å²) in [6, 6.07) is 8.80. The van der Waals surface area contributed by atoms with Gasteiger partial charge in [0.1, 0.15) is 0 Å². The monoisotopic (exact) mass is 184 g/mol. The smallest absolute Gasteiger partial charge is 0.0241 e. The Morgan fingerprint density at radius 2 is 1.21 bits per heavy atom. The van der Waals surface area contributed by atoms with E-state index in [1.165, 1.54) is 24.0 Å². The van der Waals surface area contributed by atoms with Gasteiger partial charge in [-0.25, -0.2) is 0 Å². The Balaban J connectivity index is 2.22. The molecule has 0 saturated carbocycles. The highest BCUT2D eigenvalue weighted by molar-refractivity contribution is 5.28. The van der Waals surface area contributed by atoms with Crippen molar-refractivity contribution in [1.29, 1.82) is 0 Å². The molecule has 0 bridgehead atoms. The highest BCUT2D eigenvalue weighted by atomic mass is 14.1. The number of benzene rings is 1. The van der Waals surface area contributed by atoms with Gasteiger partial charge in [0, 0.05) is 0 Å². The average molecular weight is 184 g/mol. The molecule has 2 rings (SSSR count). The van der Waals surface area contributed by atoms with Gasteiger partial charge in [0.25, 0.3) is 0 Å². The zero-order valence-corrected chi connectivity index (χ0v) is 8.45. The number of fused-ring (bicyclic) bond motifs is 1. The second-order valence-electron chi connectivity index (χ2n) is 3.70. The standard InChI is InChI=1S/C14H16/c1-2-4-6-10-14-12-8-7-11-13(14)9-5-3-1/h1-4,7-8,11-12H,5-6,9-10H2/b3-1-,4-2-. The number of hydrogen-bond acceptors (Lipinski definition) is 0. The van der Waals surface area contributed by atoms with E-state index in [2.05, 4.69) is 48.6 Å². The molecule has 72 valence electrons. The lowest BCUT2D eigenvalue weighted by Crippen LogP contribution is -1.93. The first-order valence-corrected chi connectivity index (χ1v) is 5.35. The van der Waals surface area contributed by atoms with Crippen LogP contribution in [-0.4, -0.2) is 0 Å². The van der Waals surface area contributed by atoms with Crippen molar-refractivity contribution in [2.45, 2.75) is 25.7 Å². The van der Waals surface area contributed by atoms with Crippen LogP contribution in [0.2, 0.25) is 0 Å². The molecule has 1 aliphatic rings. The van der Waals surface area contributed by atoms with Gasteiger partial charge in [0.15, 0.2) is 0 Å². The number of hydrogen-bond donors (Lipinski definition) is 0. The van der Waals surface area contributed by atoms with Crippen molar-refractivity contribution < 1.29 is 0 Å². The van der Waals surface area contributed by atoms with Gasteiger partial charge in [-0.05, 0) is 36.8 Å². The zero-order valence-electron chi connectivity index (χ0n) is 8.45. The Morgan fingerprint density at radius 3 is 1.71 bits per heavy atom. The van der Waals surface area contributed by atoms with Crippen molar-refractivity contribution in [2.75, 3.05) is 0 Å². The first-order chi connectivity index (χ1) is 6.97. The third-order valence-corrected chi connectivity index (χ3v) is 2.66. The Kier molecular flexibility index (Phi) is 3.18. The second kappa shape index (κ2) is 4.80. The van der Waals surface area contributed by atoms with Crippen molar-refractivity contribution in [3.63, 3.8) is 0 Å². The van der Waals surface area contributed by atoms with E-state index in [0.717, 1.165) is 12.8 Å². The minimum atomic E-state index is 1.15. The molecule has 1 aliphatic carbocycles. The van der Waals surface area contributed by atoms with Gasteiger partial charge >= 0.3 is 0 Å².